The average Bonchev–Trinajstić information content (AvgIpc) is 2.26. The lowest BCUT2D eigenvalue weighted by Gasteiger charge is -2.12. The molecule has 1 rings (SSSR count). The molecule has 0 aliphatic rings. The number of alkyl halides is 1. The SMILES string of the molecule is Cc1cc(C#N)cc(C)c1OCCCCCl. The van der Waals surface area contributed by atoms with Gasteiger partial charge in [0.15, 0.2) is 0 Å². The molecular weight excluding hydrogens is 222 g/mol. The zero-order chi connectivity index (χ0) is 12.0. The quantitative estimate of drug-likeness (QED) is 0.579. The topological polar surface area (TPSA) is 33.0 Å². The van der Waals surface area contributed by atoms with Gasteiger partial charge in [-0.25, -0.2) is 0 Å². The maximum atomic E-state index is 8.82. The normalized spacial score (nSPS) is 9.88. The number of unbranched alkanes of at least 4 members (excludes halogenated alkanes) is 1. The van der Waals surface area contributed by atoms with Crippen LogP contribution < -0.4 is 4.74 Å². The van der Waals surface area contributed by atoms with E-state index >= 15 is 0 Å². The van der Waals surface area contributed by atoms with E-state index in [1.54, 1.807) is 0 Å². The minimum absolute atomic E-state index is 0.675. The van der Waals surface area contributed by atoms with Gasteiger partial charge in [-0.3, -0.25) is 0 Å². The largest absolute Gasteiger partial charge is 0.493 e. The van der Waals surface area contributed by atoms with Crippen LogP contribution in [0.25, 0.3) is 0 Å². The Hall–Kier alpha value is -1.20. The van der Waals surface area contributed by atoms with Crippen LogP contribution in [0.2, 0.25) is 0 Å². The highest BCUT2D eigenvalue weighted by molar-refractivity contribution is 6.17. The van der Waals surface area contributed by atoms with Crippen LogP contribution in [0.15, 0.2) is 12.1 Å². The summed E-state index contributed by atoms with van der Waals surface area (Å²) in [5.74, 6) is 1.57. The van der Waals surface area contributed by atoms with Gasteiger partial charge in [0.05, 0.1) is 18.2 Å². The first-order valence-electron chi connectivity index (χ1n) is 5.39. The Bertz CT molecular complexity index is 372. The second-order valence-corrected chi connectivity index (χ2v) is 4.17. The molecule has 1 aromatic carbocycles. The summed E-state index contributed by atoms with van der Waals surface area (Å²) >= 11 is 5.59. The number of hydrogen-bond acceptors (Lipinski definition) is 2. The molecule has 0 aliphatic carbocycles. The van der Waals surface area contributed by atoms with Crippen LogP contribution in [0.4, 0.5) is 0 Å². The molecule has 16 heavy (non-hydrogen) atoms. The van der Waals surface area contributed by atoms with E-state index in [1.165, 1.54) is 0 Å². The van der Waals surface area contributed by atoms with Crippen molar-refractivity contribution >= 4 is 11.6 Å². The van der Waals surface area contributed by atoms with Crippen LogP contribution in [-0.4, -0.2) is 12.5 Å². The summed E-state index contributed by atoms with van der Waals surface area (Å²) in [5.41, 5.74) is 2.72. The number of nitriles is 1. The lowest BCUT2D eigenvalue weighted by Crippen LogP contribution is -2.01. The molecule has 0 saturated heterocycles. The molecule has 2 nitrogen and oxygen atoms in total. The highest BCUT2D eigenvalue weighted by Crippen LogP contribution is 2.24. The third kappa shape index (κ3) is 3.43. The van der Waals surface area contributed by atoms with E-state index in [0.29, 0.717) is 18.1 Å². The molecule has 0 atom stereocenters. The van der Waals surface area contributed by atoms with Crippen LogP contribution in [0.5, 0.6) is 5.75 Å². The molecule has 0 aromatic heterocycles. The maximum absolute atomic E-state index is 8.82. The third-order valence-corrected chi connectivity index (χ3v) is 2.63. The molecule has 0 heterocycles. The fourth-order valence-corrected chi connectivity index (χ4v) is 1.80. The Kier molecular flexibility index (Phi) is 5.14. The number of rotatable bonds is 5. The van der Waals surface area contributed by atoms with Gasteiger partial charge in [0, 0.05) is 5.88 Å². The van der Waals surface area contributed by atoms with Crippen molar-refractivity contribution in [1.82, 2.24) is 0 Å². The summed E-state index contributed by atoms with van der Waals surface area (Å²) in [6, 6.07) is 5.84. The van der Waals surface area contributed by atoms with E-state index in [2.05, 4.69) is 6.07 Å². The number of ether oxygens (including phenoxy) is 1. The summed E-state index contributed by atoms with van der Waals surface area (Å²) in [7, 11) is 0. The number of aryl methyl sites for hydroxylation is 2. The highest BCUT2D eigenvalue weighted by Gasteiger charge is 2.05. The monoisotopic (exact) mass is 237 g/mol. The van der Waals surface area contributed by atoms with Crippen molar-refractivity contribution in [2.24, 2.45) is 0 Å². The molecule has 0 saturated carbocycles. The van der Waals surface area contributed by atoms with E-state index < -0.39 is 0 Å². The number of benzene rings is 1. The van der Waals surface area contributed by atoms with E-state index in [0.717, 1.165) is 29.7 Å². The molecule has 0 fully saturated rings. The van der Waals surface area contributed by atoms with Crippen molar-refractivity contribution in [2.45, 2.75) is 26.7 Å². The Labute approximate surface area is 102 Å². The third-order valence-electron chi connectivity index (χ3n) is 2.36. The van der Waals surface area contributed by atoms with Crippen molar-refractivity contribution < 1.29 is 4.74 Å². The van der Waals surface area contributed by atoms with Gasteiger partial charge in [-0.05, 0) is 49.9 Å². The first-order chi connectivity index (χ1) is 7.69. The number of halogens is 1. The second-order valence-electron chi connectivity index (χ2n) is 3.80. The zero-order valence-corrected chi connectivity index (χ0v) is 10.5. The lowest BCUT2D eigenvalue weighted by atomic mass is 10.1. The molecule has 0 amide bonds. The second kappa shape index (κ2) is 6.40. The molecule has 0 spiro atoms. The van der Waals surface area contributed by atoms with E-state index in [-0.39, 0.29) is 0 Å². The highest BCUT2D eigenvalue weighted by atomic mass is 35.5. The summed E-state index contributed by atoms with van der Waals surface area (Å²) in [6.07, 6.45) is 1.93. The Morgan fingerprint density at radius 2 is 1.88 bits per heavy atom. The lowest BCUT2D eigenvalue weighted by molar-refractivity contribution is 0.305. The molecule has 0 N–H and O–H groups in total. The fraction of sp³-hybridized carbons (Fsp3) is 0.462. The van der Waals surface area contributed by atoms with Crippen LogP contribution >= 0.6 is 11.6 Å². The predicted molar refractivity (Wildman–Crippen MR) is 66.1 cm³/mol. The Balaban J connectivity index is 2.70. The first kappa shape index (κ1) is 12.9. The van der Waals surface area contributed by atoms with Gasteiger partial charge < -0.3 is 4.74 Å². The Morgan fingerprint density at radius 3 is 2.38 bits per heavy atom. The molecule has 0 radical (unpaired) electrons. The molecule has 86 valence electrons. The minimum Gasteiger partial charge on any atom is -0.493 e. The van der Waals surface area contributed by atoms with Gasteiger partial charge in [0.25, 0.3) is 0 Å². The van der Waals surface area contributed by atoms with Crippen molar-refractivity contribution in [3.63, 3.8) is 0 Å². The van der Waals surface area contributed by atoms with Crippen LogP contribution in [0, 0.1) is 25.2 Å². The first-order valence-corrected chi connectivity index (χ1v) is 5.92. The van der Waals surface area contributed by atoms with Crippen LogP contribution in [0.3, 0.4) is 0 Å². The number of hydrogen-bond donors (Lipinski definition) is 0. The van der Waals surface area contributed by atoms with Gasteiger partial charge in [-0.15, -0.1) is 11.6 Å². The molecule has 0 aliphatic heterocycles. The van der Waals surface area contributed by atoms with Crippen LogP contribution in [0.1, 0.15) is 29.5 Å². The van der Waals surface area contributed by atoms with Crippen molar-refractivity contribution in [3.05, 3.63) is 28.8 Å². The van der Waals surface area contributed by atoms with Gasteiger partial charge >= 0.3 is 0 Å². The Morgan fingerprint density at radius 1 is 1.25 bits per heavy atom. The molecule has 0 unspecified atom stereocenters. The van der Waals surface area contributed by atoms with Crippen molar-refractivity contribution in [3.8, 4) is 11.8 Å². The van der Waals surface area contributed by atoms with Gasteiger partial charge in [-0.1, -0.05) is 0 Å². The smallest absolute Gasteiger partial charge is 0.125 e. The standard InChI is InChI=1S/C13H16ClNO/c1-10-7-12(9-15)8-11(2)13(10)16-6-4-3-5-14/h7-8H,3-6H2,1-2H3. The predicted octanol–water partition coefficient (Wildman–Crippen LogP) is 3.57. The summed E-state index contributed by atoms with van der Waals surface area (Å²) < 4.78 is 5.70. The summed E-state index contributed by atoms with van der Waals surface area (Å²) in [6.45, 7) is 4.61. The van der Waals surface area contributed by atoms with Crippen molar-refractivity contribution in [2.75, 3.05) is 12.5 Å². The zero-order valence-electron chi connectivity index (χ0n) is 9.72. The molecular formula is C13H16ClNO. The van der Waals surface area contributed by atoms with Crippen LogP contribution in [-0.2, 0) is 0 Å². The van der Waals surface area contributed by atoms with Gasteiger partial charge in [0.1, 0.15) is 5.75 Å². The van der Waals surface area contributed by atoms with Crippen molar-refractivity contribution in [1.29, 1.82) is 5.26 Å². The summed E-state index contributed by atoms with van der Waals surface area (Å²) in [4.78, 5) is 0. The minimum atomic E-state index is 0.675. The molecule has 3 heteroatoms. The van der Waals surface area contributed by atoms with E-state index in [1.807, 2.05) is 26.0 Å². The number of nitrogens with zero attached hydrogens (tertiary/aromatic N) is 1. The van der Waals surface area contributed by atoms with Gasteiger partial charge in [0.2, 0.25) is 0 Å². The van der Waals surface area contributed by atoms with E-state index in [4.69, 9.17) is 21.6 Å². The molecule has 1 aromatic rings. The summed E-state index contributed by atoms with van der Waals surface area (Å²) in [5, 5.41) is 8.82. The fourth-order valence-electron chi connectivity index (χ4n) is 1.61. The van der Waals surface area contributed by atoms with E-state index in [9.17, 15) is 0 Å². The van der Waals surface area contributed by atoms with Gasteiger partial charge in [-0.2, -0.15) is 5.26 Å². The average molecular weight is 238 g/mol. The maximum Gasteiger partial charge on any atom is 0.125 e. The molecule has 0 bridgehead atoms.